The second-order valence-corrected chi connectivity index (χ2v) is 12.3. The number of nitrogens with one attached hydrogen (secondary N) is 1. The van der Waals surface area contributed by atoms with Crippen LogP contribution in [0.15, 0.2) is 77.8 Å². The smallest absolute Gasteiger partial charge is 0.243 e. The molecule has 11 heteroatoms. The zero-order valence-corrected chi connectivity index (χ0v) is 25.2. The topological polar surface area (TPSA) is 103 Å². The molecule has 0 aliphatic carbocycles. The Morgan fingerprint density at radius 3 is 2.17 bits per heavy atom. The summed E-state index contributed by atoms with van der Waals surface area (Å²) in [6, 6.07) is 19.0. The Morgan fingerprint density at radius 2 is 1.61 bits per heavy atom. The largest absolute Gasteiger partial charge is 0.497 e. The number of carbonyl (C=O) groups excluding carboxylic acids is 1. The predicted molar refractivity (Wildman–Crippen MR) is 161 cm³/mol. The molecule has 0 spiro atoms. The van der Waals surface area contributed by atoms with Gasteiger partial charge in [0.25, 0.3) is 0 Å². The zero-order chi connectivity index (χ0) is 29.7. The first-order valence-electron chi connectivity index (χ1n) is 13.0. The first-order valence-corrected chi connectivity index (χ1v) is 14.8. The van der Waals surface area contributed by atoms with Gasteiger partial charge >= 0.3 is 0 Å². The fraction of sp³-hybridized carbons (Fsp3) is 0.267. The maximum absolute atomic E-state index is 13.5. The molecule has 0 aliphatic rings. The molecule has 1 heterocycles. The van der Waals surface area contributed by atoms with Gasteiger partial charge in [0.1, 0.15) is 11.5 Å². The van der Waals surface area contributed by atoms with Crippen molar-refractivity contribution in [3.63, 3.8) is 0 Å². The summed E-state index contributed by atoms with van der Waals surface area (Å²) < 4.78 is 40.7. The molecule has 9 nitrogen and oxygen atoms in total. The number of amides is 1. The van der Waals surface area contributed by atoms with E-state index in [-0.39, 0.29) is 29.9 Å². The lowest BCUT2D eigenvalue weighted by Gasteiger charge is -2.23. The van der Waals surface area contributed by atoms with E-state index in [0.717, 1.165) is 11.1 Å². The lowest BCUT2D eigenvalue weighted by molar-refractivity contribution is -0.116. The third kappa shape index (κ3) is 7.27. The van der Waals surface area contributed by atoms with Crippen LogP contribution in [-0.2, 0) is 14.8 Å². The number of nitrogens with zero attached hydrogens (tertiary/aromatic N) is 3. The summed E-state index contributed by atoms with van der Waals surface area (Å²) >= 11 is 6.08. The molecule has 0 aliphatic heterocycles. The van der Waals surface area contributed by atoms with Gasteiger partial charge in [-0.05, 0) is 37.1 Å². The number of benzene rings is 3. The number of rotatable bonds is 11. The average molecular weight is 597 g/mol. The highest BCUT2D eigenvalue weighted by atomic mass is 35.5. The Hall–Kier alpha value is -3.86. The molecule has 1 amide bonds. The molecule has 0 unspecified atom stereocenters. The highest BCUT2D eigenvalue weighted by molar-refractivity contribution is 7.89. The number of hydrogen-bond acceptors (Lipinski definition) is 6. The summed E-state index contributed by atoms with van der Waals surface area (Å²) in [4.78, 5) is 18.2. The fourth-order valence-corrected chi connectivity index (χ4v) is 5.88. The minimum absolute atomic E-state index is 0.00855. The fourth-order valence-electron chi connectivity index (χ4n) is 4.20. The van der Waals surface area contributed by atoms with E-state index >= 15 is 0 Å². The first-order chi connectivity index (χ1) is 19.5. The number of sulfonamides is 1. The van der Waals surface area contributed by atoms with Crippen molar-refractivity contribution in [2.24, 2.45) is 5.92 Å². The maximum Gasteiger partial charge on any atom is 0.243 e. The Kier molecular flexibility index (Phi) is 9.37. The molecule has 0 fully saturated rings. The molecule has 4 rings (SSSR count). The van der Waals surface area contributed by atoms with Crippen molar-refractivity contribution in [2.75, 3.05) is 32.6 Å². The lowest BCUT2D eigenvalue weighted by atomic mass is 10.2. The van der Waals surface area contributed by atoms with Gasteiger partial charge in [0.2, 0.25) is 21.9 Å². The van der Waals surface area contributed by atoms with Crippen molar-refractivity contribution in [3.8, 4) is 28.4 Å². The molecule has 0 bridgehead atoms. The van der Waals surface area contributed by atoms with E-state index in [9.17, 15) is 13.2 Å². The standard InChI is InChI=1S/C30H33ClN4O5S/c1-20(2)17-34(41(37,38)27-12-6-21(3)7-13-27)19-29(36)33-30-32-28(22-8-10-23(31)11-9-22)18-35(30)24-14-25(39-4)16-26(15-24)40-5/h6-16,18,20H,17,19H2,1-5H3,(H,32,33,36). The monoisotopic (exact) mass is 596 g/mol. The number of ether oxygens (including phenoxy) is 2. The molecule has 216 valence electrons. The summed E-state index contributed by atoms with van der Waals surface area (Å²) in [5, 5.41) is 3.40. The molecule has 0 atom stereocenters. The van der Waals surface area contributed by atoms with Gasteiger partial charge in [-0.1, -0.05) is 55.3 Å². The number of carbonyl (C=O) groups is 1. The van der Waals surface area contributed by atoms with E-state index in [0.29, 0.717) is 27.9 Å². The minimum atomic E-state index is -3.92. The van der Waals surface area contributed by atoms with Gasteiger partial charge in [-0.15, -0.1) is 0 Å². The van der Waals surface area contributed by atoms with Crippen molar-refractivity contribution >= 4 is 33.5 Å². The van der Waals surface area contributed by atoms with Crippen molar-refractivity contribution in [1.29, 1.82) is 0 Å². The van der Waals surface area contributed by atoms with Crippen molar-refractivity contribution in [2.45, 2.75) is 25.7 Å². The highest BCUT2D eigenvalue weighted by Crippen LogP contribution is 2.30. The molecule has 4 aromatic rings. The normalized spacial score (nSPS) is 11.6. The number of anilines is 1. The number of hydrogen-bond donors (Lipinski definition) is 1. The van der Waals surface area contributed by atoms with E-state index in [1.165, 1.54) is 4.31 Å². The van der Waals surface area contributed by atoms with Crippen LogP contribution in [0.25, 0.3) is 16.9 Å². The molecular weight excluding hydrogens is 564 g/mol. The molecule has 41 heavy (non-hydrogen) atoms. The quantitative estimate of drug-likeness (QED) is 0.235. The van der Waals surface area contributed by atoms with Gasteiger partial charge < -0.3 is 9.47 Å². The number of aromatic nitrogens is 2. The molecular formula is C30H33ClN4O5S. The molecule has 3 aromatic carbocycles. The van der Waals surface area contributed by atoms with E-state index in [1.807, 2.05) is 32.9 Å². The predicted octanol–water partition coefficient (Wildman–Crippen LogP) is 5.80. The Balaban J connectivity index is 1.71. The van der Waals surface area contributed by atoms with Crippen LogP contribution in [0, 0.1) is 12.8 Å². The second-order valence-electron chi connectivity index (χ2n) is 9.95. The summed E-state index contributed by atoms with van der Waals surface area (Å²) in [6.07, 6.45) is 1.77. The minimum Gasteiger partial charge on any atom is -0.497 e. The van der Waals surface area contributed by atoms with Gasteiger partial charge in [0.15, 0.2) is 0 Å². The van der Waals surface area contributed by atoms with E-state index in [4.69, 9.17) is 21.1 Å². The third-order valence-corrected chi connectivity index (χ3v) is 8.34. The highest BCUT2D eigenvalue weighted by Gasteiger charge is 2.28. The molecule has 1 aromatic heterocycles. The van der Waals surface area contributed by atoms with Crippen LogP contribution in [-0.4, -0.2) is 55.5 Å². The van der Waals surface area contributed by atoms with Crippen molar-refractivity contribution in [1.82, 2.24) is 13.9 Å². The van der Waals surface area contributed by atoms with Gasteiger partial charge in [0, 0.05) is 41.5 Å². The number of aryl methyl sites for hydroxylation is 1. The van der Waals surface area contributed by atoms with Crippen molar-refractivity contribution < 1.29 is 22.7 Å². The van der Waals surface area contributed by atoms with Crippen LogP contribution in [0.1, 0.15) is 19.4 Å². The first kappa shape index (κ1) is 30.1. The van der Waals surface area contributed by atoms with E-state index in [1.54, 1.807) is 79.6 Å². The van der Waals surface area contributed by atoms with Crippen molar-refractivity contribution in [3.05, 3.63) is 83.5 Å². The summed E-state index contributed by atoms with van der Waals surface area (Å²) in [6.45, 7) is 5.46. The van der Waals surface area contributed by atoms with Crippen LogP contribution in [0.5, 0.6) is 11.5 Å². The Morgan fingerprint density at radius 1 is 1.00 bits per heavy atom. The van der Waals surface area contributed by atoms with Gasteiger partial charge in [0.05, 0.1) is 37.0 Å². The maximum atomic E-state index is 13.5. The summed E-state index contributed by atoms with van der Waals surface area (Å²) in [7, 11) is -0.827. The van der Waals surface area contributed by atoms with Gasteiger partial charge in [-0.3, -0.25) is 14.7 Å². The summed E-state index contributed by atoms with van der Waals surface area (Å²) in [5.74, 6) is 0.750. The lowest BCUT2D eigenvalue weighted by Crippen LogP contribution is -2.40. The van der Waals surface area contributed by atoms with Gasteiger partial charge in [-0.2, -0.15) is 4.31 Å². The number of imidazole rings is 1. The summed E-state index contributed by atoms with van der Waals surface area (Å²) in [5.41, 5.74) is 2.91. The van der Waals surface area contributed by atoms with Crippen LogP contribution >= 0.6 is 11.6 Å². The van der Waals surface area contributed by atoms with Gasteiger partial charge in [-0.25, -0.2) is 13.4 Å². The van der Waals surface area contributed by atoms with Crippen LogP contribution < -0.4 is 14.8 Å². The third-order valence-electron chi connectivity index (χ3n) is 6.26. The van der Waals surface area contributed by atoms with E-state index < -0.39 is 15.9 Å². The van der Waals surface area contributed by atoms with E-state index in [2.05, 4.69) is 10.3 Å². The van der Waals surface area contributed by atoms with Crippen LogP contribution in [0.3, 0.4) is 0 Å². The molecule has 0 saturated heterocycles. The zero-order valence-electron chi connectivity index (χ0n) is 23.6. The Bertz CT molecular complexity index is 1600. The number of methoxy groups -OCH3 is 2. The SMILES string of the molecule is COc1cc(OC)cc(-n2cc(-c3ccc(Cl)cc3)nc2NC(=O)CN(CC(C)C)S(=O)(=O)c2ccc(C)cc2)c1. The Labute approximate surface area is 245 Å². The number of halogens is 1. The van der Waals surface area contributed by atoms with Crippen LogP contribution in [0.4, 0.5) is 5.95 Å². The second kappa shape index (κ2) is 12.8. The molecule has 0 radical (unpaired) electrons. The van der Waals surface area contributed by atoms with Crippen LogP contribution in [0.2, 0.25) is 5.02 Å². The average Bonchev–Trinajstić information content (AvgIpc) is 3.36. The molecule has 0 saturated carbocycles. The molecule has 1 N–H and O–H groups in total.